The van der Waals surface area contributed by atoms with E-state index in [1.54, 1.807) is 79.0 Å². The van der Waals surface area contributed by atoms with Gasteiger partial charge in [-0.25, -0.2) is 4.98 Å². The summed E-state index contributed by atoms with van der Waals surface area (Å²) in [4.78, 5) is 31.3. The van der Waals surface area contributed by atoms with Gasteiger partial charge in [-0.05, 0) is 29.8 Å². The standard InChI is InChI=1S/C22H15ClN2O3/c23-16-11-9-14(10-12-16)19-18(20(26)15-6-2-1-3-7-15)21(27)22(28)25(19)17-8-4-5-13-24-17/h1-13,19,26H/t19-/m1/s1. The van der Waals surface area contributed by atoms with Crippen molar-refractivity contribution in [1.82, 2.24) is 4.98 Å². The van der Waals surface area contributed by atoms with Crippen molar-refractivity contribution in [2.24, 2.45) is 0 Å². The van der Waals surface area contributed by atoms with E-state index in [9.17, 15) is 14.7 Å². The topological polar surface area (TPSA) is 70.5 Å². The van der Waals surface area contributed by atoms with Crippen LogP contribution in [-0.2, 0) is 9.59 Å². The molecule has 0 radical (unpaired) electrons. The van der Waals surface area contributed by atoms with E-state index in [-0.39, 0.29) is 11.3 Å². The Morgan fingerprint density at radius 3 is 2.25 bits per heavy atom. The second-order valence-electron chi connectivity index (χ2n) is 6.27. The number of aromatic nitrogens is 1. The van der Waals surface area contributed by atoms with Crippen molar-refractivity contribution < 1.29 is 14.7 Å². The molecule has 2 aromatic carbocycles. The maximum Gasteiger partial charge on any atom is 0.301 e. The third kappa shape index (κ3) is 3.06. The highest BCUT2D eigenvalue weighted by molar-refractivity contribution is 6.51. The molecule has 1 atom stereocenters. The van der Waals surface area contributed by atoms with E-state index < -0.39 is 17.7 Å². The number of pyridine rings is 1. The summed E-state index contributed by atoms with van der Waals surface area (Å²) >= 11 is 6.00. The van der Waals surface area contributed by atoms with Crippen LogP contribution in [0.4, 0.5) is 5.82 Å². The highest BCUT2D eigenvalue weighted by Crippen LogP contribution is 2.41. The second kappa shape index (κ2) is 7.29. The smallest absolute Gasteiger partial charge is 0.301 e. The molecule has 3 aromatic rings. The first-order valence-corrected chi connectivity index (χ1v) is 8.98. The van der Waals surface area contributed by atoms with Crippen LogP contribution in [0.2, 0.25) is 5.02 Å². The summed E-state index contributed by atoms with van der Waals surface area (Å²) < 4.78 is 0. The summed E-state index contributed by atoms with van der Waals surface area (Å²) in [5.74, 6) is -1.39. The molecule has 1 aromatic heterocycles. The average Bonchev–Trinajstić information content (AvgIpc) is 3.00. The molecule has 4 rings (SSSR count). The number of rotatable bonds is 3. The summed E-state index contributed by atoms with van der Waals surface area (Å²) in [7, 11) is 0. The molecule has 138 valence electrons. The number of hydrogen-bond acceptors (Lipinski definition) is 4. The first kappa shape index (κ1) is 17.9. The number of hydrogen-bond donors (Lipinski definition) is 1. The van der Waals surface area contributed by atoms with Gasteiger partial charge in [-0.1, -0.05) is 60.1 Å². The zero-order chi connectivity index (χ0) is 19.7. The highest BCUT2D eigenvalue weighted by Gasteiger charge is 2.47. The fraction of sp³-hybridized carbons (Fsp3) is 0.0455. The van der Waals surface area contributed by atoms with E-state index >= 15 is 0 Å². The number of aliphatic hydroxyl groups is 1. The second-order valence-corrected chi connectivity index (χ2v) is 6.71. The summed E-state index contributed by atoms with van der Waals surface area (Å²) in [5.41, 5.74) is 1.12. The molecule has 0 unspecified atom stereocenters. The van der Waals surface area contributed by atoms with Crippen molar-refractivity contribution in [2.45, 2.75) is 6.04 Å². The number of aliphatic hydroxyl groups excluding tert-OH is 1. The average molecular weight is 391 g/mol. The number of Topliss-reactive ketones (excluding diaryl/α,β-unsaturated/α-hetero) is 1. The van der Waals surface area contributed by atoms with E-state index in [0.717, 1.165) is 0 Å². The van der Waals surface area contributed by atoms with Crippen LogP contribution in [-0.4, -0.2) is 21.8 Å². The Hall–Kier alpha value is -3.44. The van der Waals surface area contributed by atoms with E-state index in [1.807, 2.05) is 0 Å². The van der Waals surface area contributed by atoms with Gasteiger partial charge in [0.25, 0.3) is 5.78 Å². The van der Waals surface area contributed by atoms with Gasteiger partial charge in [0.15, 0.2) is 0 Å². The Balaban J connectivity index is 1.95. The van der Waals surface area contributed by atoms with Gasteiger partial charge >= 0.3 is 5.91 Å². The Morgan fingerprint density at radius 1 is 0.929 bits per heavy atom. The molecule has 1 aliphatic rings. The van der Waals surface area contributed by atoms with Crippen molar-refractivity contribution in [3.05, 3.63) is 101 Å². The summed E-state index contributed by atoms with van der Waals surface area (Å²) in [6.45, 7) is 0. The largest absolute Gasteiger partial charge is 0.507 e. The molecule has 0 bridgehead atoms. The number of nitrogens with zero attached hydrogens (tertiary/aromatic N) is 2. The molecule has 0 saturated carbocycles. The number of carbonyl (C=O) groups is 2. The van der Waals surface area contributed by atoms with E-state index in [2.05, 4.69) is 4.98 Å². The molecule has 1 N–H and O–H groups in total. The molecule has 1 fully saturated rings. The highest BCUT2D eigenvalue weighted by atomic mass is 35.5. The molecule has 28 heavy (non-hydrogen) atoms. The van der Waals surface area contributed by atoms with Crippen molar-refractivity contribution in [2.75, 3.05) is 4.90 Å². The molecule has 2 heterocycles. The van der Waals surface area contributed by atoms with Gasteiger partial charge in [0.05, 0.1) is 11.6 Å². The molecular formula is C22H15ClN2O3. The predicted octanol–water partition coefficient (Wildman–Crippen LogP) is 4.36. The third-order valence-electron chi connectivity index (χ3n) is 4.57. The summed E-state index contributed by atoms with van der Waals surface area (Å²) in [5, 5.41) is 11.4. The minimum Gasteiger partial charge on any atom is -0.507 e. The van der Waals surface area contributed by atoms with Crippen molar-refractivity contribution >= 4 is 34.9 Å². The lowest BCUT2D eigenvalue weighted by Gasteiger charge is -2.24. The van der Waals surface area contributed by atoms with E-state index in [4.69, 9.17) is 11.6 Å². The fourth-order valence-corrected chi connectivity index (χ4v) is 3.40. The van der Waals surface area contributed by atoms with Crippen LogP contribution in [0.3, 0.4) is 0 Å². The zero-order valence-corrected chi connectivity index (χ0v) is 15.4. The van der Waals surface area contributed by atoms with E-state index in [0.29, 0.717) is 22.0 Å². The number of amides is 1. The Labute approximate surface area is 166 Å². The number of halogens is 1. The number of anilines is 1. The van der Waals surface area contributed by atoms with Gasteiger partial charge in [0.2, 0.25) is 0 Å². The molecule has 0 spiro atoms. The van der Waals surface area contributed by atoms with Crippen LogP contribution in [0, 0.1) is 0 Å². The molecular weight excluding hydrogens is 376 g/mol. The summed E-state index contributed by atoms with van der Waals surface area (Å²) in [6.07, 6.45) is 1.55. The maximum absolute atomic E-state index is 12.9. The van der Waals surface area contributed by atoms with Gasteiger partial charge in [0.1, 0.15) is 11.6 Å². The van der Waals surface area contributed by atoms with Gasteiger partial charge in [-0.3, -0.25) is 14.5 Å². The third-order valence-corrected chi connectivity index (χ3v) is 4.83. The number of carbonyl (C=O) groups excluding carboxylic acids is 2. The van der Waals surface area contributed by atoms with E-state index in [1.165, 1.54) is 4.90 Å². The van der Waals surface area contributed by atoms with Gasteiger partial charge < -0.3 is 5.11 Å². The van der Waals surface area contributed by atoms with Crippen molar-refractivity contribution in [3.8, 4) is 0 Å². The van der Waals surface area contributed by atoms with Crippen molar-refractivity contribution in [3.63, 3.8) is 0 Å². The number of benzene rings is 2. The molecule has 6 heteroatoms. The zero-order valence-electron chi connectivity index (χ0n) is 14.6. The van der Waals surface area contributed by atoms with Crippen LogP contribution >= 0.6 is 11.6 Å². The van der Waals surface area contributed by atoms with Crippen LogP contribution < -0.4 is 4.90 Å². The van der Waals surface area contributed by atoms with Crippen molar-refractivity contribution in [1.29, 1.82) is 0 Å². The van der Waals surface area contributed by atoms with Crippen LogP contribution in [0.25, 0.3) is 5.76 Å². The molecule has 1 saturated heterocycles. The minimum atomic E-state index is -0.813. The Morgan fingerprint density at radius 2 is 1.61 bits per heavy atom. The molecule has 1 amide bonds. The monoisotopic (exact) mass is 390 g/mol. The fourth-order valence-electron chi connectivity index (χ4n) is 3.28. The first-order valence-electron chi connectivity index (χ1n) is 8.61. The van der Waals surface area contributed by atoms with Gasteiger partial charge in [-0.2, -0.15) is 0 Å². The Bertz CT molecular complexity index is 1060. The SMILES string of the molecule is O=C1C(=O)N(c2ccccn2)[C@H](c2ccc(Cl)cc2)C1=C(O)c1ccccc1. The molecule has 0 aliphatic carbocycles. The maximum atomic E-state index is 12.9. The van der Waals surface area contributed by atoms with Crippen LogP contribution in [0.15, 0.2) is 84.6 Å². The molecule has 1 aliphatic heterocycles. The lowest BCUT2D eigenvalue weighted by molar-refractivity contribution is -0.132. The lowest BCUT2D eigenvalue weighted by atomic mass is 9.95. The molecule has 5 nitrogen and oxygen atoms in total. The van der Waals surface area contributed by atoms with Gasteiger partial charge in [-0.15, -0.1) is 0 Å². The van der Waals surface area contributed by atoms with Crippen LogP contribution in [0.5, 0.6) is 0 Å². The normalized spacial score (nSPS) is 18.5. The predicted molar refractivity (Wildman–Crippen MR) is 107 cm³/mol. The first-order chi connectivity index (χ1) is 13.6. The number of ketones is 1. The summed E-state index contributed by atoms with van der Waals surface area (Å²) in [6, 6.07) is 19.8. The van der Waals surface area contributed by atoms with Gasteiger partial charge in [0, 0.05) is 16.8 Å². The minimum absolute atomic E-state index is 0.0178. The van der Waals surface area contributed by atoms with Crippen LogP contribution in [0.1, 0.15) is 17.2 Å². The Kier molecular flexibility index (Phi) is 4.67. The quantitative estimate of drug-likeness (QED) is 0.410. The lowest BCUT2D eigenvalue weighted by Crippen LogP contribution is -2.30.